The summed E-state index contributed by atoms with van der Waals surface area (Å²) in [6.45, 7) is 2.02. The van der Waals surface area contributed by atoms with E-state index in [1.165, 1.54) is 18.4 Å². The van der Waals surface area contributed by atoms with Crippen LogP contribution < -0.4 is 4.74 Å². The average molecular weight is 348 g/mol. The van der Waals surface area contributed by atoms with Crippen molar-refractivity contribution in [1.29, 1.82) is 5.26 Å². The van der Waals surface area contributed by atoms with Gasteiger partial charge in [-0.05, 0) is 24.6 Å². The van der Waals surface area contributed by atoms with Crippen LogP contribution in [0.1, 0.15) is 16.1 Å². The summed E-state index contributed by atoms with van der Waals surface area (Å²) >= 11 is 1.33. The molecule has 0 aliphatic rings. The molecule has 2 aromatic carbocycles. The van der Waals surface area contributed by atoms with E-state index in [9.17, 15) is 10.4 Å². The maximum Gasteiger partial charge on any atom is 0.147 e. The minimum Gasteiger partial charge on any atom is -0.506 e. The molecule has 25 heavy (non-hydrogen) atoms. The predicted octanol–water partition coefficient (Wildman–Crippen LogP) is 5.08. The molecule has 5 heteroatoms. The Balaban J connectivity index is 2.08. The number of thiazole rings is 1. The normalized spacial score (nSPS) is 11.6. The first kappa shape index (κ1) is 16.7. The fourth-order valence-electron chi connectivity index (χ4n) is 2.55. The minimum atomic E-state index is -0.134. The number of nitrogens with zero attached hydrogens (tertiary/aromatic N) is 2. The SMILES string of the molecule is COc1ccccc1/C(O)=C(/C#N)c1nc(-c2ccccc2C)cs1. The molecular weight excluding hydrogens is 332 g/mol. The Morgan fingerprint density at radius 3 is 2.60 bits per heavy atom. The van der Waals surface area contributed by atoms with Gasteiger partial charge in [0.25, 0.3) is 0 Å². The van der Waals surface area contributed by atoms with Gasteiger partial charge in [-0.2, -0.15) is 5.26 Å². The number of hydrogen-bond donors (Lipinski definition) is 1. The van der Waals surface area contributed by atoms with Crippen LogP contribution in [-0.4, -0.2) is 17.2 Å². The van der Waals surface area contributed by atoms with Crippen LogP contribution in [0.3, 0.4) is 0 Å². The molecule has 3 aromatic rings. The van der Waals surface area contributed by atoms with Gasteiger partial charge in [-0.25, -0.2) is 4.98 Å². The molecule has 1 heterocycles. The Labute approximate surface area is 150 Å². The summed E-state index contributed by atoms with van der Waals surface area (Å²) in [5, 5.41) is 22.6. The molecule has 3 rings (SSSR count). The van der Waals surface area contributed by atoms with E-state index in [0.29, 0.717) is 16.3 Å². The monoisotopic (exact) mass is 348 g/mol. The number of rotatable bonds is 4. The molecule has 0 radical (unpaired) electrons. The van der Waals surface area contributed by atoms with E-state index in [4.69, 9.17) is 4.74 Å². The van der Waals surface area contributed by atoms with E-state index in [0.717, 1.165) is 16.8 Å². The van der Waals surface area contributed by atoms with Crippen molar-refractivity contribution in [3.8, 4) is 23.1 Å². The highest BCUT2D eigenvalue weighted by Gasteiger charge is 2.18. The van der Waals surface area contributed by atoms with E-state index in [1.807, 2.05) is 36.6 Å². The number of hydrogen-bond acceptors (Lipinski definition) is 5. The minimum absolute atomic E-state index is 0.134. The predicted molar refractivity (Wildman–Crippen MR) is 100 cm³/mol. The third-order valence-corrected chi connectivity index (χ3v) is 4.71. The van der Waals surface area contributed by atoms with Crippen molar-refractivity contribution in [3.05, 3.63) is 70.0 Å². The lowest BCUT2D eigenvalue weighted by atomic mass is 10.1. The highest BCUT2D eigenvalue weighted by Crippen LogP contribution is 2.33. The zero-order valence-electron chi connectivity index (χ0n) is 13.9. The van der Waals surface area contributed by atoms with Crippen LogP contribution in [0.2, 0.25) is 0 Å². The molecule has 0 atom stereocenters. The molecule has 1 aromatic heterocycles. The molecule has 0 amide bonds. The Morgan fingerprint density at radius 1 is 1.16 bits per heavy atom. The molecule has 0 fully saturated rings. The first-order chi connectivity index (χ1) is 12.2. The van der Waals surface area contributed by atoms with E-state index in [1.54, 1.807) is 24.3 Å². The maximum atomic E-state index is 10.6. The highest BCUT2D eigenvalue weighted by atomic mass is 32.1. The van der Waals surface area contributed by atoms with Crippen molar-refractivity contribution in [2.24, 2.45) is 0 Å². The van der Waals surface area contributed by atoms with Gasteiger partial charge < -0.3 is 9.84 Å². The van der Waals surface area contributed by atoms with Crippen molar-refractivity contribution in [2.45, 2.75) is 6.92 Å². The van der Waals surface area contributed by atoms with Gasteiger partial charge in [0.15, 0.2) is 0 Å². The molecule has 0 saturated heterocycles. The van der Waals surface area contributed by atoms with Gasteiger partial charge in [-0.1, -0.05) is 36.4 Å². The number of aryl methyl sites for hydroxylation is 1. The number of methoxy groups -OCH3 is 1. The van der Waals surface area contributed by atoms with Gasteiger partial charge >= 0.3 is 0 Å². The summed E-state index contributed by atoms with van der Waals surface area (Å²) in [5.74, 6) is 0.370. The number of aliphatic hydroxyl groups is 1. The first-order valence-electron chi connectivity index (χ1n) is 7.64. The quantitative estimate of drug-likeness (QED) is 0.527. The third-order valence-electron chi connectivity index (χ3n) is 3.85. The van der Waals surface area contributed by atoms with Crippen LogP contribution in [0, 0.1) is 18.3 Å². The maximum absolute atomic E-state index is 10.6. The number of aliphatic hydroxyl groups excluding tert-OH is 1. The summed E-state index contributed by atoms with van der Waals surface area (Å²) in [5.41, 5.74) is 3.51. The van der Waals surface area contributed by atoms with E-state index in [2.05, 4.69) is 11.1 Å². The number of ether oxygens (including phenoxy) is 1. The summed E-state index contributed by atoms with van der Waals surface area (Å²) in [6, 6.07) is 17.0. The van der Waals surface area contributed by atoms with Crippen LogP contribution in [0.5, 0.6) is 5.75 Å². The summed E-state index contributed by atoms with van der Waals surface area (Å²) in [7, 11) is 1.53. The molecule has 0 saturated carbocycles. The summed E-state index contributed by atoms with van der Waals surface area (Å²) in [6.07, 6.45) is 0. The van der Waals surface area contributed by atoms with Gasteiger partial charge in [-0.3, -0.25) is 0 Å². The molecule has 0 aliphatic heterocycles. The van der Waals surface area contributed by atoms with Crippen LogP contribution in [0.25, 0.3) is 22.6 Å². The lowest BCUT2D eigenvalue weighted by molar-refractivity contribution is 0.408. The Morgan fingerprint density at radius 2 is 1.88 bits per heavy atom. The molecule has 0 bridgehead atoms. The molecule has 4 nitrogen and oxygen atoms in total. The van der Waals surface area contributed by atoms with Crippen LogP contribution >= 0.6 is 11.3 Å². The summed E-state index contributed by atoms with van der Waals surface area (Å²) < 4.78 is 5.27. The van der Waals surface area contributed by atoms with E-state index in [-0.39, 0.29) is 11.3 Å². The van der Waals surface area contributed by atoms with Gasteiger partial charge in [0.05, 0.1) is 18.4 Å². The molecule has 0 unspecified atom stereocenters. The first-order valence-corrected chi connectivity index (χ1v) is 8.52. The number of aromatic nitrogens is 1. The second kappa shape index (κ2) is 7.20. The van der Waals surface area contributed by atoms with E-state index < -0.39 is 0 Å². The van der Waals surface area contributed by atoms with Crippen molar-refractivity contribution in [1.82, 2.24) is 4.98 Å². The highest BCUT2D eigenvalue weighted by molar-refractivity contribution is 7.11. The second-order valence-electron chi connectivity index (χ2n) is 5.39. The van der Waals surface area contributed by atoms with Crippen LogP contribution in [0.15, 0.2) is 53.9 Å². The van der Waals surface area contributed by atoms with Crippen LogP contribution in [-0.2, 0) is 0 Å². The van der Waals surface area contributed by atoms with Gasteiger partial charge in [-0.15, -0.1) is 11.3 Å². The molecule has 0 aliphatic carbocycles. The van der Waals surface area contributed by atoms with Crippen molar-refractivity contribution in [2.75, 3.05) is 7.11 Å². The van der Waals surface area contributed by atoms with Crippen LogP contribution in [0.4, 0.5) is 0 Å². The second-order valence-corrected chi connectivity index (χ2v) is 6.25. The largest absolute Gasteiger partial charge is 0.506 e. The lowest BCUT2D eigenvalue weighted by Crippen LogP contribution is -1.94. The van der Waals surface area contributed by atoms with Gasteiger partial charge in [0.2, 0.25) is 0 Å². The fourth-order valence-corrected chi connectivity index (χ4v) is 3.36. The van der Waals surface area contributed by atoms with Gasteiger partial charge in [0.1, 0.15) is 28.2 Å². The van der Waals surface area contributed by atoms with Gasteiger partial charge in [0, 0.05) is 10.9 Å². The Bertz CT molecular complexity index is 983. The Kier molecular flexibility index (Phi) is 4.82. The topological polar surface area (TPSA) is 66.1 Å². The number of allylic oxidation sites excluding steroid dienone is 1. The number of benzene rings is 2. The fraction of sp³-hybridized carbons (Fsp3) is 0.100. The zero-order chi connectivity index (χ0) is 17.8. The molecule has 124 valence electrons. The Hall–Kier alpha value is -3.10. The average Bonchev–Trinajstić information content (AvgIpc) is 3.12. The standard InChI is InChI=1S/C20H16N2O2S/c1-13-7-3-4-8-14(13)17-12-25-20(22-17)16(11-21)19(23)15-9-5-6-10-18(15)24-2/h3-10,12,23H,1-2H3/b19-16+. The van der Waals surface area contributed by atoms with Crippen molar-refractivity contribution < 1.29 is 9.84 Å². The molecule has 1 N–H and O–H groups in total. The third kappa shape index (κ3) is 3.25. The number of nitriles is 1. The lowest BCUT2D eigenvalue weighted by Gasteiger charge is -2.08. The molecule has 0 spiro atoms. The zero-order valence-corrected chi connectivity index (χ0v) is 14.7. The van der Waals surface area contributed by atoms with E-state index >= 15 is 0 Å². The van der Waals surface area contributed by atoms with Crippen molar-refractivity contribution >= 4 is 22.7 Å². The smallest absolute Gasteiger partial charge is 0.147 e. The molecular formula is C20H16N2O2S. The summed E-state index contributed by atoms with van der Waals surface area (Å²) in [4.78, 5) is 4.55. The number of para-hydroxylation sites is 1. The van der Waals surface area contributed by atoms with Crippen molar-refractivity contribution in [3.63, 3.8) is 0 Å².